The molecule has 41 heavy (non-hydrogen) atoms. The average molecular weight is 586 g/mol. The number of methoxy groups -OCH3 is 1. The van der Waals surface area contributed by atoms with E-state index in [9.17, 15) is 13.6 Å². The molecule has 0 aliphatic carbocycles. The zero-order valence-corrected chi connectivity index (χ0v) is 25.1. The van der Waals surface area contributed by atoms with Crippen LogP contribution < -0.4 is 15.0 Å². The van der Waals surface area contributed by atoms with Crippen molar-refractivity contribution in [2.45, 2.75) is 65.6 Å². The summed E-state index contributed by atoms with van der Waals surface area (Å²) in [5.74, 6) is -1.96. The van der Waals surface area contributed by atoms with Gasteiger partial charge in [-0.1, -0.05) is 11.6 Å². The minimum Gasteiger partial charge on any atom is -0.491 e. The van der Waals surface area contributed by atoms with E-state index in [1.54, 1.807) is 19.2 Å². The van der Waals surface area contributed by atoms with Gasteiger partial charge in [-0.25, -0.2) is 13.8 Å². The number of anilines is 1. The molecule has 1 aliphatic heterocycles. The quantitative estimate of drug-likeness (QED) is 0.293. The highest BCUT2D eigenvalue weighted by molar-refractivity contribution is 6.29. The lowest BCUT2D eigenvalue weighted by Gasteiger charge is -2.42. The third-order valence-corrected chi connectivity index (χ3v) is 8.20. The number of likely N-dealkylation sites (tertiary alicyclic amines) is 1. The molecular formula is C31H38ClF2N5O2. The molecule has 1 aliphatic rings. The Bertz CT molecular complexity index is 1330. The number of aromatic nitrogens is 2. The molecule has 7 nitrogen and oxygen atoms in total. The first-order valence-corrected chi connectivity index (χ1v) is 14.3. The summed E-state index contributed by atoms with van der Waals surface area (Å²) < 4.78 is 34.3. The van der Waals surface area contributed by atoms with Crippen LogP contribution in [0.3, 0.4) is 0 Å². The number of carbonyl (C=O) groups is 1. The van der Waals surface area contributed by atoms with Crippen LogP contribution in [0.5, 0.6) is 5.75 Å². The fourth-order valence-corrected chi connectivity index (χ4v) is 5.91. The van der Waals surface area contributed by atoms with E-state index in [1.807, 2.05) is 26.1 Å². The maximum absolute atomic E-state index is 14.7. The molecule has 0 saturated carbocycles. The number of amides is 1. The van der Waals surface area contributed by atoms with Crippen LogP contribution in [-0.4, -0.2) is 59.6 Å². The lowest BCUT2D eigenvalue weighted by atomic mass is 9.98. The van der Waals surface area contributed by atoms with Crippen molar-refractivity contribution in [2.24, 2.45) is 0 Å². The molecule has 1 saturated heterocycles. The lowest BCUT2D eigenvalue weighted by molar-refractivity contribution is 0.0943. The standard InChI is InChI=1S/C31H38ClF2N5O2/c1-19-6-10-35-17-23(19)18-39(25-15-26(33)30(41-5)27(34)16-25)24-8-12-38(13-9-24)21(3)7-11-36-31(40)29-20(2)14-28(32)37-22(29)4/h6,10,14-17,21,24H,7-9,11-13,18H2,1-5H3,(H,36,40)/t21-/m1/s1. The second-order valence-electron chi connectivity index (χ2n) is 10.8. The van der Waals surface area contributed by atoms with E-state index in [-0.39, 0.29) is 23.7 Å². The predicted octanol–water partition coefficient (Wildman–Crippen LogP) is 6.02. The first kappa shape index (κ1) is 30.7. The summed E-state index contributed by atoms with van der Waals surface area (Å²) in [5.41, 5.74) is 4.56. The smallest absolute Gasteiger partial charge is 0.253 e. The van der Waals surface area contributed by atoms with Crippen LogP contribution in [0.2, 0.25) is 5.15 Å². The second kappa shape index (κ2) is 13.6. The summed E-state index contributed by atoms with van der Waals surface area (Å²) in [7, 11) is 1.26. The van der Waals surface area contributed by atoms with Crippen LogP contribution in [-0.2, 0) is 6.54 Å². The number of pyridine rings is 2. The third kappa shape index (κ3) is 7.32. The number of benzene rings is 1. The van der Waals surface area contributed by atoms with E-state index in [1.165, 1.54) is 19.2 Å². The van der Waals surface area contributed by atoms with Gasteiger partial charge in [0.15, 0.2) is 17.4 Å². The molecule has 1 amide bonds. The molecule has 1 fully saturated rings. The highest BCUT2D eigenvalue weighted by atomic mass is 35.5. The maximum Gasteiger partial charge on any atom is 0.253 e. The van der Waals surface area contributed by atoms with E-state index in [0.29, 0.717) is 35.2 Å². The Labute approximate surface area is 245 Å². The van der Waals surface area contributed by atoms with E-state index in [0.717, 1.165) is 49.0 Å². The molecule has 0 radical (unpaired) electrons. The zero-order chi connectivity index (χ0) is 29.7. The Balaban J connectivity index is 1.39. The van der Waals surface area contributed by atoms with Gasteiger partial charge in [0, 0.05) is 68.5 Å². The van der Waals surface area contributed by atoms with E-state index >= 15 is 0 Å². The summed E-state index contributed by atoms with van der Waals surface area (Å²) in [4.78, 5) is 25.8. The van der Waals surface area contributed by atoms with Crippen LogP contribution in [0.25, 0.3) is 0 Å². The van der Waals surface area contributed by atoms with Crippen molar-refractivity contribution in [2.75, 3.05) is 31.6 Å². The summed E-state index contributed by atoms with van der Waals surface area (Å²) >= 11 is 6.00. The van der Waals surface area contributed by atoms with Gasteiger partial charge in [-0.3, -0.25) is 9.78 Å². The number of aryl methyl sites for hydroxylation is 3. The van der Waals surface area contributed by atoms with Gasteiger partial charge in [0.2, 0.25) is 0 Å². The number of nitrogens with zero attached hydrogens (tertiary/aromatic N) is 4. The number of halogens is 3. The summed E-state index contributed by atoms with van der Waals surface area (Å²) in [6.07, 6.45) is 6.02. The average Bonchev–Trinajstić information content (AvgIpc) is 2.92. The summed E-state index contributed by atoms with van der Waals surface area (Å²) in [6, 6.07) is 6.69. The van der Waals surface area contributed by atoms with Crippen molar-refractivity contribution in [3.63, 3.8) is 0 Å². The molecular weight excluding hydrogens is 548 g/mol. The number of hydrogen-bond acceptors (Lipinski definition) is 6. The highest BCUT2D eigenvalue weighted by Crippen LogP contribution is 2.32. The first-order chi connectivity index (χ1) is 19.6. The number of nitrogens with one attached hydrogen (secondary N) is 1. The Hall–Kier alpha value is -3.30. The van der Waals surface area contributed by atoms with Crippen molar-refractivity contribution in [3.8, 4) is 5.75 Å². The number of piperidine rings is 1. The molecule has 3 aromatic rings. The fraction of sp³-hybridized carbons (Fsp3) is 0.452. The molecule has 2 aromatic heterocycles. The maximum atomic E-state index is 14.7. The Morgan fingerprint density at radius 2 is 1.85 bits per heavy atom. The normalized spacial score (nSPS) is 15.0. The first-order valence-electron chi connectivity index (χ1n) is 13.9. The van der Waals surface area contributed by atoms with Gasteiger partial charge in [-0.2, -0.15) is 0 Å². The fourth-order valence-electron chi connectivity index (χ4n) is 5.62. The van der Waals surface area contributed by atoms with E-state index in [4.69, 9.17) is 16.3 Å². The third-order valence-electron chi connectivity index (χ3n) is 8.01. The van der Waals surface area contributed by atoms with Crippen LogP contribution in [0, 0.1) is 32.4 Å². The minimum atomic E-state index is -0.719. The largest absolute Gasteiger partial charge is 0.491 e. The Morgan fingerprint density at radius 3 is 2.46 bits per heavy atom. The topological polar surface area (TPSA) is 70.6 Å². The van der Waals surface area contributed by atoms with E-state index in [2.05, 4.69) is 32.0 Å². The van der Waals surface area contributed by atoms with Crippen LogP contribution in [0.15, 0.2) is 36.7 Å². The van der Waals surface area contributed by atoms with Crippen molar-refractivity contribution in [1.82, 2.24) is 20.2 Å². The SMILES string of the molecule is COc1c(F)cc(N(Cc2cnccc2C)C2CCN([C@H](C)CCNC(=O)c3c(C)cc(Cl)nc3C)CC2)cc1F. The van der Waals surface area contributed by atoms with Gasteiger partial charge in [-0.15, -0.1) is 0 Å². The molecule has 4 rings (SSSR count). The lowest BCUT2D eigenvalue weighted by Crippen LogP contribution is -2.48. The molecule has 1 atom stereocenters. The van der Waals surface area contributed by atoms with Gasteiger partial charge >= 0.3 is 0 Å². The van der Waals surface area contributed by atoms with Gasteiger partial charge in [0.1, 0.15) is 5.15 Å². The molecule has 0 bridgehead atoms. The van der Waals surface area contributed by atoms with Crippen LogP contribution >= 0.6 is 11.6 Å². The molecule has 1 aromatic carbocycles. The Kier molecular flexibility index (Phi) is 10.1. The summed E-state index contributed by atoms with van der Waals surface area (Å²) in [5, 5.41) is 3.41. The molecule has 0 spiro atoms. The molecule has 10 heteroatoms. The number of rotatable bonds is 10. The number of carbonyl (C=O) groups excluding carboxylic acids is 1. The predicted molar refractivity (Wildman–Crippen MR) is 158 cm³/mol. The van der Waals surface area contributed by atoms with Crippen molar-refractivity contribution in [3.05, 3.63) is 81.4 Å². The van der Waals surface area contributed by atoms with Crippen molar-refractivity contribution < 1.29 is 18.3 Å². The van der Waals surface area contributed by atoms with E-state index < -0.39 is 11.6 Å². The zero-order valence-electron chi connectivity index (χ0n) is 24.3. The second-order valence-corrected chi connectivity index (χ2v) is 11.1. The molecule has 3 heterocycles. The monoisotopic (exact) mass is 585 g/mol. The van der Waals surface area contributed by atoms with Crippen LogP contribution in [0.1, 0.15) is 58.9 Å². The van der Waals surface area contributed by atoms with Gasteiger partial charge in [-0.05, 0) is 75.8 Å². The number of hydrogen-bond donors (Lipinski definition) is 1. The van der Waals surface area contributed by atoms with Gasteiger partial charge in [0.25, 0.3) is 5.91 Å². The molecule has 1 N–H and O–H groups in total. The van der Waals surface area contributed by atoms with Crippen molar-refractivity contribution in [1.29, 1.82) is 0 Å². The van der Waals surface area contributed by atoms with Crippen LogP contribution in [0.4, 0.5) is 14.5 Å². The minimum absolute atomic E-state index is 0.0910. The Morgan fingerprint density at radius 1 is 1.17 bits per heavy atom. The molecule has 0 unspecified atom stereocenters. The molecule has 220 valence electrons. The van der Waals surface area contributed by atoms with Crippen molar-refractivity contribution >= 4 is 23.2 Å². The summed E-state index contributed by atoms with van der Waals surface area (Å²) in [6.45, 7) is 10.5. The highest BCUT2D eigenvalue weighted by Gasteiger charge is 2.29. The number of ether oxygens (including phenoxy) is 1. The van der Waals surface area contributed by atoms with Gasteiger partial charge in [0.05, 0.1) is 18.4 Å². The van der Waals surface area contributed by atoms with Gasteiger partial charge < -0.3 is 19.9 Å².